The molecule has 7 nitrogen and oxygen atoms in total. The number of hydrogen-bond acceptors (Lipinski definition) is 3. The predicted molar refractivity (Wildman–Crippen MR) is 64.3 cm³/mol. The highest BCUT2D eigenvalue weighted by molar-refractivity contribution is 5.90. The molecule has 98 valence electrons. The molecule has 0 aromatic carbocycles. The van der Waals surface area contributed by atoms with Gasteiger partial charge in [-0.2, -0.15) is 5.10 Å². The molecule has 0 atom stereocenters. The second-order valence-electron chi connectivity index (χ2n) is 4.67. The van der Waals surface area contributed by atoms with Crippen molar-refractivity contribution < 1.29 is 14.7 Å². The first kappa shape index (κ1) is 12.4. The Morgan fingerprint density at radius 3 is 2.67 bits per heavy atom. The van der Waals surface area contributed by atoms with Gasteiger partial charge in [-0.05, 0) is 13.8 Å². The summed E-state index contributed by atoms with van der Waals surface area (Å²) >= 11 is 0. The van der Waals surface area contributed by atoms with Gasteiger partial charge in [-0.15, -0.1) is 0 Å². The van der Waals surface area contributed by atoms with Gasteiger partial charge in [-0.3, -0.25) is 9.48 Å². The van der Waals surface area contributed by atoms with Gasteiger partial charge in [0, 0.05) is 25.3 Å². The van der Waals surface area contributed by atoms with Crippen LogP contribution in [0.2, 0.25) is 0 Å². The first-order chi connectivity index (χ1) is 8.47. The summed E-state index contributed by atoms with van der Waals surface area (Å²) in [7, 11) is 0. The van der Waals surface area contributed by atoms with Crippen molar-refractivity contribution in [1.29, 1.82) is 0 Å². The Hall–Kier alpha value is -2.05. The number of likely N-dealkylation sites (tertiary alicyclic amines) is 1. The van der Waals surface area contributed by atoms with Gasteiger partial charge < -0.3 is 15.3 Å². The van der Waals surface area contributed by atoms with Gasteiger partial charge in [0.1, 0.15) is 0 Å². The molecule has 2 amide bonds. The fourth-order valence-corrected chi connectivity index (χ4v) is 1.69. The van der Waals surface area contributed by atoms with Crippen LogP contribution in [-0.2, 0) is 4.79 Å². The molecule has 18 heavy (non-hydrogen) atoms. The summed E-state index contributed by atoms with van der Waals surface area (Å²) in [6, 6.07) is -0.0492. The molecule has 0 bridgehead atoms. The lowest BCUT2D eigenvalue weighted by Crippen LogP contribution is -2.54. The maximum Gasteiger partial charge on any atom is 0.321 e. The Morgan fingerprint density at radius 1 is 1.50 bits per heavy atom. The minimum absolute atomic E-state index is 0.232. The Labute approximate surface area is 104 Å². The number of rotatable bonds is 3. The molecule has 0 radical (unpaired) electrons. The normalized spacial score (nSPS) is 15.6. The van der Waals surface area contributed by atoms with E-state index < -0.39 is 11.9 Å². The van der Waals surface area contributed by atoms with E-state index in [1.807, 2.05) is 13.8 Å². The molecular weight excluding hydrogens is 236 g/mol. The number of carbonyl (C=O) groups is 2. The zero-order chi connectivity index (χ0) is 13.3. The van der Waals surface area contributed by atoms with Crippen LogP contribution >= 0.6 is 0 Å². The quantitative estimate of drug-likeness (QED) is 0.840. The van der Waals surface area contributed by atoms with E-state index >= 15 is 0 Å². The van der Waals surface area contributed by atoms with Gasteiger partial charge in [0.2, 0.25) is 0 Å². The number of nitrogens with zero attached hydrogens (tertiary/aromatic N) is 3. The van der Waals surface area contributed by atoms with Crippen LogP contribution in [0.1, 0.15) is 19.9 Å². The van der Waals surface area contributed by atoms with Crippen LogP contribution in [0.4, 0.5) is 10.5 Å². The van der Waals surface area contributed by atoms with Crippen molar-refractivity contribution >= 4 is 17.7 Å². The van der Waals surface area contributed by atoms with Crippen LogP contribution in [0.25, 0.3) is 0 Å². The standard InChI is InChI=1S/C11H16N4O3/c1-7(2)15-6-9(3-12-15)13-11(18)14-4-8(5-14)10(16)17/h3,6-8H,4-5H2,1-2H3,(H,13,18)(H,16,17). The maximum absolute atomic E-state index is 11.7. The number of hydrogen-bond donors (Lipinski definition) is 2. The molecule has 0 saturated carbocycles. The van der Waals surface area contributed by atoms with Crippen LogP contribution in [0.5, 0.6) is 0 Å². The highest BCUT2D eigenvalue weighted by atomic mass is 16.4. The third-order valence-corrected chi connectivity index (χ3v) is 2.90. The van der Waals surface area contributed by atoms with E-state index in [4.69, 9.17) is 5.11 Å². The number of amides is 2. The summed E-state index contributed by atoms with van der Waals surface area (Å²) in [6.07, 6.45) is 3.32. The van der Waals surface area contributed by atoms with Gasteiger partial charge in [0.05, 0.1) is 17.8 Å². The lowest BCUT2D eigenvalue weighted by atomic mass is 10.0. The third-order valence-electron chi connectivity index (χ3n) is 2.90. The SMILES string of the molecule is CC(C)n1cc(NC(=O)N2CC(C(=O)O)C2)cn1. The minimum Gasteiger partial charge on any atom is -0.481 e. The molecule has 0 spiro atoms. The fraction of sp³-hybridized carbons (Fsp3) is 0.545. The summed E-state index contributed by atoms with van der Waals surface area (Å²) in [5.41, 5.74) is 0.618. The van der Waals surface area contributed by atoms with Crippen molar-refractivity contribution in [1.82, 2.24) is 14.7 Å². The van der Waals surface area contributed by atoms with Gasteiger partial charge in [-0.1, -0.05) is 0 Å². The molecule has 1 aliphatic heterocycles. The summed E-state index contributed by atoms with van der Waals surface area (Å²) in [5.74, 6) is -1.29. The van der Waals surface area contributed by atoms with Crippen LogP contribution in [0, 0.1) is 5.92 Å². The molecule has 2 heterocycles. The van der Waals surface area contributed by atoms with Crippen LogP contribution in [0.3, 0.4) is 0 Å². The Bertz CT molecular complexity index is 463. The molecule has 2 rings (SSSR count). The number of aromatic nitrogens is 2. The number of aliphatic carboxylic acids is 1. The van der Waals surface area contributed by atoms with Crippen LogP contribution < -0.4 is 5.32 Å². The highest BCUT2D eigenvalue weighted by Crippen LogP contribution is 2.17. The zero-order valence-corrected chi connectivity index (χ0v) is 10.3. The third kappa shape index (κ3) is 2.44. The van der Waals surface area contributed by atoms with Gasteiger partial charge in [-0.25, -0.2) is 4.79 Å². The monoisotopic (exact) mass is 252 g/mol. The van der Waals surface area contributed by atoms with Crippen molar-refractivity contribution in [2.45, 2.75) is 19.9 Å². The molecule has 2 N–H and O–H groups in total. The van der Waals surface area contributed by atoms with E-state index in [1.54, 1.807) is 17.1 Å². The average molecular weight is 252 g/mol. The first-order valence-corrected chi connectivity index (χ1v) is 5.80. The molecular formula is C11H16N4O3. The number of nitrogens with one attached hydrogen (secondary N) is 1. The largest absolute Gasteiger partial charge is 0.481 e. The van der Waals surface area contributed by atoms with E-state index in [2.05, 4.69) is 10.4 Å². The first-order valence-electron chi connectivity index (χ1n) is 5.80. The lowest BCUT2D eigenvalue weighted by Gasteiger charge is -2.36. The van der Waals surface area contributed by atoms with E-state index in [-0.39, 0.29) is 25.2 Å². The number of urea groups is 1. The molecule has 7 heteroatoms. The number of carboxylic acid groups (broad SMARTS) is 1. The summed E-state index contributed by atoms with van der Waals surface area (Å²) in [6.45, 7) is 4.51. The van der Waals surface area contributed by atoms with E-state index in [9.17, 15) is 9.59 Å². The number of carbonyl (C=O) groups excluding carboxylic acids is 1. The van der Waals surface area contributed by atoms with Crippen molar-refractivity contribution in [2.24, 2.45) is 5.92 Å². The van der Waals surface area contributed by atoms with Gasteiger partial charge in [0.15, 0.2) is 0 Å². The minimum atomic E-state index is -0.855. The molecule has 1 saturated heterocycles. The summed E-state index contributed by atoms with van der Waals surface area (Å²) < 4.78 is 1.74. The fourth-order valence-electron chi connectivity index (χ4n) is 1.69. The molecule has 1 aliphatic rings. The molecule has 0 unspecified atom stereocenters. The van der Waals surface area contributed by atoms with Crippen molar-refractivity contribution in [3.05, 3.63) is 12.4 Å². The van der Waals surface area contributed by atoms with E-state index in [1.165, 1.54) is 4.90 Å². The number of anilines is 1. The second-order valence-corrected chi connectivity index (χ2v) is 4.67. The van der Waals surface area contributed by atoms with Crippen molar-refractivity contribution in [3.63, 3.8) is 0 Å². The number of carboxylic acids is 1. The molecule has 1 aromatic heterocycles. The maximum atomic E-state index is 11.7. The van der Waals surface area contributed by atoms with Crippen LogP contribution in [-0.4, -0.2) is 44.9 Å². The average Bonchev–Trinajstić information content (AvgIpc) is 2.62. The summed E-state index contributed by atoms with van der Waals surface area (Å²) in [5, 5.41) is 15.5. The zero-order valence-electron chi connectivity index (χ0n) is 10.3. The highest BCUT2D eigenvalue weighted by Gasteiger charge is 2.35. The van der Waals surface area contributed by atoms with Gasteiger partial charge in [0.25, 0.3) is 0 Å². The Morgan fingerprint density at radius 2 is 2.17 bits per heavy atom. The summed E-state index contributed by atoms with van der Waals surface area (Å²) in [4.78, 5) is 23.8. The Kier molecular flexibility index (Phi) is 3.22. The molecule has 1 fully saturated rings. The van der Waals surface area contributed by atoms with Crippen LogP contribution in [0.15, 0.2) is 12.4 Å². The predicted octanol–water partition coefficient (Wildman–Crippen LogP) is 1.01. The molecule has 0 aliphatic carbocycles. The van der Waals surface area contributed by atoms with Crippen molar-refractivity contribution in [3.8, 4) is 0 Å². The molecule has 1 aromatic rings. The topological polar surface area (TPSA) is 87.5 Å². The van der Waals surface area contributed by atoms with E-state index in [0.29, 0.717) is 5.69 Å². The smallest absolute Gasteiger partial charge is 0.321 e. The Balaban J connectivity index is 1.86. The van der Waals surface area contributed by atoms with E-state index in [0.717, 1.165) is 0 Å². The lowest BCUT2D eigenvalue weighted by molar-refractivity contribution is -0.145. The second kappa shape index (κ2) is 4.67. The van der Waals surface area contributed by atoms with Gasteiger partial charge >= 0.3 is 12.0 Å². The van der Waals surface area contributed by atoms with Crippen molar-refractivity contribution in [2.75, 3.05) is 18.4 Å².